The highest BCUT2D eigenvalue weighted by Gasteiger charge is 2.19. The van der Waals surface area contributed by atoms with Crippen LogP contribution in [0.4, 0.5) is 0 Å². The highest BCUT2D eigenvalue weighted by Crippen LogP contribution is 2.26. The van der Waals surface area contributed by atoms with Crippen LogP contribution in [0.2, 0.25) is 0 Å². The molecule has 0 saturated heterocycles. The molecule has 0 radical (unpaired) electrons. The molecule has 0 N–H and O–H groups in total. The molecule has 0 amide bonds. The molecule has 1 aliphatic heterocycles. The SMILES string of the molecule is Cc1nnc2n1N=C(c1ccc(C(C)(C)C)cc1)CS2. The third-order valence-electron chi connectivity index (χ3n) is 3.41. The molecule has 0 unspecified atom stereocenters. The van der Waals surface area contributed by atoms with Crippen molar-refractivity contribution in [1.82, 2.24) is 14.9 Å². The van der Waals surface area contributed by atoms with Crippen molar-refractivity contribution in [2.75, 3.05) is 5.75 Å². The minimum absolute atomic E-state index is 0.180. The van der Waals surface area contributed by atoms with Crippen LogP contribution in [0.25, 0.3) is 0 Å². The van der Waals surface area contributed by atoms with Gasteiger partial charge in [-0.3, -0.25) is 0 Å². The van der Waals surface area contributed by atoms with E-state index in [1.807, 2.05) is 11.6 Å². The van der Waals surface area contributed by atoms with Gasteiger partial charge in [0.1, 0.15) is 0 Å². The smallest absolute Gasteiger partial charge is 0.191 e. The number of aryl methyl sites for hydroxylation is 1. The number of hydrogen-bond acceptors (Lipinski definition) is 4. The van der Waals surface area contributed by atoms with Gasteiger partial charge < -0.3 is 0 Å². The van der Waals surface area contributed by atoms with Gasteiger partial charge in [-0.1, -0.05) is 56.8 Å². The molecular weight excluding hydrogens is 268 g/mol. The van der Waals surface area contributed by atoms with Crippen molar-refractivity contribution in [3.05, 3.63) is 41.2 Å². The van der Waals surface area contributed by atoms with Gasteiger partial charge in [0.05, 0.1) is 5.71 Å². The predicted molar refractivity (Wildman–Crippen MR) is 82.6 cm³/mol. The summed E-state index contributed by atoms with van der Waals surface area (Å²) in [6, 6.07) is 8.70. The molecule has 5 heteroatoms. The van der Waals surface area contributed by atoms with Crippen LogP contribution in [0.5, 0.6) is 0 Å². The summed E-state index contributed by atoms with van der Waals surface area (Å²) in [5.41, 5.74) is 3.77. The zero-order valence-corrected chi connectivity index (χ0v) is 13.0. The molecule has 1 aromatic heterocycles. The van der Waals surface area contributed by atoms with E-state index >= 15 is 0 Å². The van der Waals surface area contributed by atoms with Crippen LogP contribution >= 0.6 is 11.8 Å². The Bertz CT molecular complexity index is 662. The fraction of sp³-hybridized carbons (Fsp3) is 0.400. The molecule has 1 aromatic carbocycles. The molecule has 0 fully saturated rings. The van der Waals surface area contributed by atoms with E-state index in [2.05, 4.69) is 60.3 Å². The first-order chi connectivity index (χ1) is 9.45. The zero-order valence-electron chi connectivity index (χ0n) is 12.2. The third-order valence-corrected chi connectivity index (χ3v) is 4.34. The second kappa shape index (κ2) is 4.74. The van der Waals surface area contributed by atoms with Crippen LogP contribution in [0.15, 0.2) is 34.5 Å². The van der Waals surface area contributed by atoms with Crippen molar-refractivity contribution in [1.29, 1.82) is 0 Å². The number of nitrogens with zero attached hydrogens (tertiary/aromatic N) is 4. The van der Waals surface area contributed by atoms with E-state index in [0.717, 1.165) is 22.4 Å². The van der Waals surface area contributed by atoms with Crippen molar-refractivity contribution in [3.8, 4) is 0 Å². The first-order valence-electron chi connectivity index (χ1n) is 6.69. The molecule has 1 aliphatic rings. The molecule has 2 heterocycles. The van der Waals surface area contributed by atoms with Gasteiger partial charge in [0.25, 0.3) is 0 Å². The van der Waals surface area contributed by atoms with Crippen LogP contribution in [-0.2, 0) is 5.41 Å². The third kappa shape index (κ3) is 2.38. The lowest BCUT2D eigenvalue weighted by Gasteiger charge is -2.20. The maximum Gasteiger partial charge on any atom is 0.212 e. The lowest BCUT2D eigenvalue weighted by Crippen LogP contribution is -2.15. The number of hydrogen-bond donors (Lipinski definition) is 0. The van der Waals surface area contributed by atoms with E-state index in [9.17, 15) is 0 Å². The Hall–Kier alpha value is -1.62. The number of aromatic nitrogens is 3. The number of fused-ring (bicyclic) bond motifs is 1. The number of thioether (sulfide) groups is 1. The lowest BCUT2D eigenvalue weighted by atomic mass is 9.86. The van der Waals surface area contributed by atoms with Crippen molar-refractivity contribution in [2.45, 2.75) is 38.3 Å². The molecule has 4 nitrogen and oxygen atoms in total. The molecule has 0 spiro atoms. The quantitative estimate of drug-likeness (QED) is 0.808. The Balaban J connectivity index is 1.95. The standard InChI is InChI=1S/C15H18N4S/c1-10-16-17-14-19(10)18-13(9-20-14)11-5-7-12(8-6-11)15(2,3)4/h5-8H,9H2,1-4H3. The van der Waals surface area contributed by atoms with Crippen LogP contribution in [0, 0.1) is 6.92 Å². The summed E-state index contributed by atoms with van der Waals surface area (Å²) in [5.74, 6) is 1.67. The van der Waals surface area contributed by atoms with Gasteiger partial charge in [-0.15, -0.1) is 10.2 Å². The minimum atomic E-state index is 0.180. The minimum Gasteiger partial charge on any atom is -0.191 e. The highest BCUT2D eigenvalue weighted by molar-refractivity contribution is 7.99. The first-order valence-corrected chi connectivity index (χ1v) is 7.67. The van der Waals surface area contributed by atoms with Gasteiger partial charge in [-0.05, 0) is 23.5 Å². The summed E-state index contributed by atoms with van der Waals surface area (Å²) in [4.78, 5) is 0. The van der Waals surface area contributed by atoms with Gasteiger partial charge in [0.15, 0.2) is 5.82 Å². The van der Waals surface area contributed by atoms with Gasteiger partial charge in [-0.25, -0.2) is 0 Å². The van der Waals surface area contributed by atoms with Gasteiger partial charge in [0.2, 0.25) is 5.16 Å². The largest absolute Gasteiger partial charge is 0.212 e. The normalized spacial score (nSPS) is 14.9. The highest BCUT2D eigenvalue weighted by atomic mass is 32.2. The topological polar surface area (TPSA) is 43.1 Å². The maximum atomic E-state index is 4.65. The van der Waals surface area contributed by atoms with Crippen LogP contribution in [-0.4, -0.2) is 26.3 Å². The van der Waals surface area contributed by atoms with E-state index in [1.165, 1.54) is 11.1 Å². The van der Waals surface area contributed by atoms with E-state index in [4.69, 9.17) is 0 Å². The summed E-state index contributed by atoms with van der Waals surface area (Å²) in [5, 5.41) is 13.7. The second-order valence-electron chi connectivity index (χ2n) is 6.00. The molecule has 0 bridgehead atoms. The maximum absolute atomic E-state index is 4.65. The van der Waals surface area contributed by atoms with E-state index in [0.29, 0.717) is 0 Å². The number of rotatable bonds is 1. The fourth-order valence-corrected chi connectivity index (χ4v) is 3.01. The molecule has 20 heavy (non-hydrogen) atoms. The first kappa shape index (κ1) is 13.4. The summed E-state index contributed by atoms with van der Waals surface area (Å²) in [6.45, 7) is 8.60. The monoisotopic (exact) mass is 286 g/mol. The van der Waals surface area contributed by atoms with Crippen molar-refractivity contribution in [2.24, 2.45) is 5.10 Å². The van der Waals surface area contributed by atoms with Crippen molar-refractivity contribution >= 4 is 17.5 Å². The average molecular weight is 286 g/mol. The van der Waals surface area contributed by atoms with Crippen molar-refractivity contribution in [3.63, 3.8) is 0 Å². The number of benzene rings is 1. The molecule has 3 rings (SSSR count). The van der Waals surface area contributed by atoms with Crippen LogP contribution in [0.3, 0.4) is 0 Å². The molecule has 0 aliphatic carbocycles. The Morgan fingerprint density at radius 1 is 1.10 bits per heavy atom. The zero-order chi connectivity index (χ0) is 14.3. The molecule has 104 valence electrons. The molecular formula is C15H18N4S. The molecule has 0 atom stereocenters. The fourth-order valence-electron chi connectivity index (χ4n) is 2.13. The van der Waals surface area contributed by atoms with E-state index in [-0.39, 0.29) is 5.41 Å². The Morgan fingerprint density at radius 2 is 1.80 bits per heavy atom. The molecule has 0 saturated carbocycles. The average Bonchev–Trinajstić information content (AvgIpc) is 2.79. The van der Waals surface area contributed by atoms with E-state index in [1.54, 1.807) is 11.8 Å². The lowest BCUT2D eigenvalue weighted by molar-refractivity contribution is 0.590. The van der Waals surface area contributed by atoms with Gasteiger partial charge >= 0.3 is 0 Å². The Morgan fingerprint density at radius 3 is 2.45 bits per heavy atom. The summed E-state index contributed by atoms with van der Waals surface area (Å²) in [6.07, 6.45) is 0. The van der Waals surface area contributed by atoms with E-state index < -0.39 is 0 Å². The second-order valence-corrected chi connectivity index (χ2v) is 6.95. The molecule has 2 aromatic rings. The van der Waals surface area contributed by atoms with Crippen molar-refractivity contribution < 1.29 is 0 Å². The van der Waals surface area contributed by atoms with Crippen LogP contribution < -0.4 is 0 Å². The predicted octanol–water partition coefficient (Wildman–Crippen LogP) is 3.24. The Kier molecular flexibility index (Phi) is 3.17. The summed E-state index contributed by atoms with van der Waals surface area (Å²) >= 11 is 1.68. The van der Waals surface area contributed by atoms with Crippen LogP contribution in [0.1, 0.15) is 37.7 Å². The van der Waals surface area contributed by atoms with Gasteiger partial charge in [0, 0.05) is 5.75 Å². The summed E-state index contributed by atoms with van der Waals surface area (Å²) in [7, 11) is 0. The van der Waals surface area contributed by atoms with Gasteiger partial charge in [-0.2, -0.15) is 9.78 Å². The Labute approximate surface area is 123 Å². The summed E-state index contributed by atoms with van der Waals surface area (Å²) < 4.78 is 1.82.